The lowest BCUT2D eigenvalue weighted by molar-refractivity contribution is 0.501. The lowest BCUT2D eigenvalue weighted by Crippen LogP contribution is -2.39. The summed E-state index contributed by atoms with van der Waals surface area (Å²) < 4.78 is 0. The topological polar surface area (TPSA) is 29.3 Å². The summed E-state index contributed by atoms with van der Waals surface area (Å²) in [5, 5.41) is 1.37. The molecule has 2 N–H and O–H groups in total. The van der Waals surface area contributed by atoms with Gasteiger partial charge in [-0.2, -0.15) is 0 Å². The van der Waals surface area contributed by atoms with E-state index in [1.165, 1.54) is 0 Å². The summed E-state index contributed by atoms with van der Waals surface area (Å²) in [4.78, 5) is 2.28. The Morgan fingerprint density at radius 1 is 1.07 bits per heavy atom. The highest BCUT2D eigenvalue weighted by Crippen LogP contribution is 2.27. The predicted octanol–water partition coefficient (Wildman–Crippen LogP) is 2.92. The molecule has 0 saturated carbocycles. The Hall–Kier alpha value is -0.440. The maximum atomic E-state index is 5.96. The summed E-state index contributed by atoms with van der Waals surface area (Å²) in [7, 11) is 0. The highest BCUT2D eigenvalue weighted by Gasteiger charge is 2.16. The summed E-state index contributed by atoms with van der Waals surface area (Å²) in [6.07, 6.45) is 2.06. The van der Waals surface area contributed by atoms with E-state index in [9.17, 15) is 0 Å². The molecule has 15 heavy (non-hydrogen) atoms. The molecule has 82 valence electrons. The average Bonchev–Trinajstić information content (AvgIpc) is 2.17. The minimum Gasteiger partial charge on any atom is -0.371 e. The van der Waals surface area contributed by atoms with Gasteiger partial charge in [-0.1, -0.05) is 23.2 Å². The van der Waals surface area contributed by atoms with Crippen LogP contribution in [-0.4, -0.2) is 19.1 Å². The van der Waals surface area contributed by atoms with Crippen molar-refractivity contribution in [2.75, 3.05) is 18.0 Å². The van der Waals surface area contributed by atoms with Gasteiger partial charge in [-0.25, -0.2) is 0 Å². The zero-order valence-electron chi connectivity index (χ0n) is 8.42. The Morgan fingerprint density at radius 3 is 2.13 bits per heavy atom. The maximum absolute atomic E-state index is 5.96. The van der Waals surface area contributed by atoms with Gasteiger partial charge < -0.3 is 10.6 Å². The van der Waals surface area contributed by atoms with Gasteiger partial charge in [0, 0.05) is 34.9 Å². The second-order valence-corrected chi connectivity index (χ2v) is 4.82. The molecule has 1 fully saturated rings. The molecule has 0 amide bonds. The van der Waals surface area contributed by atoms with Gasteiger partial charge in [-0.15, -0.1) is 0 Å². The fourth-order valence-electron chi connectivity index (χ4n) is 1.88. The quantitative estimate of drug-likeness (QED) is 0.824. The number of nitrogens with two attached hydrogens (primary N) is 1. The predicted molar refractivity (Wildman–Crippen MR) is 65.9 cm³/mol. The van der Waals surface area contributed by atoms with Gasteiger partial charge in [0.05, 0.1) is 0 Å². The highest BCUT2D eigenvalue weighted by molar-refractivity contribution is 6.35. The molecule has 0 spiro atoms. The van der Waals surface area contributed by atoms with Crippen molar-refractivity contribution < 1.29 is 0 Å². The second kappa shape index (κ2) is 4.60. The number of hydrogen-bond acceptors (Lipinski definition) is 2. The molecule has 0 unspecified atom stereocenters. The maximum Gasteiger partial charge on any atom is 0.0441 e. The van der Waals surface area contributed by atoms with Crippen LogP contribution in [-0.2, 0) is 0 Å². The number of nitrogens with zero attached hydrogens (tertiary/aromatic N) is 1. The van der Waals surface area contributed by atoms with Gasteiger partial charge in [-0.3, -0.25) is 0 Å². The molecule has 1 aromatic carbocycles. The van der Waals surface area contributed by atoms with Crippen molar-refractivity contribution >= 4 is 28.9 Å². The first-order chi connectivity index (χ1) is 7.15. The van der Waals surface area contributed by atoms with E-state index in [-0.39, 0.29) is 0 Å². The van der Waals surface area contributed by atoms with Crippen LogP contribution in [0.3, 0.4) is 0 Å². The van der Waals surface area contributed by atoms with Gasteiger partial charge in [0.1, 0.15) is 0 Å². The Bertz CT molecular complexity index is 326. The van der Waals surface area contributed by atoms with E-state index < -0.39 is 0 Å². The Labute approximate surface area is 100.0 Å². The van der Waals surface area contributed by atoms with Crippen LogP contribution in [0.4, 0.5) is 5.69 Å². The van der Waals surface area contributed by atoms with E-state index in [2.05, 4.69) is 4.90 Å². The van der Waals surface area contributed by atoms with Gasteiger partial charge in [0.15, 0.2) is 0 Å². The number of halogens is 2. The molecule has 0 atom stereocenters. The van der Waals surface area contributed by atoms with E-state index in [4.69, 9.17) is 28.9 Å². The number of piperidine rings is 1. The third kappa shape index (κ3) is 2.77. The van der Waals surface area contributed by atoms with Crippen LogP contribution in [0.1, 0.15) is 12.8 Å². The minimum absolute atomic E-state index is 0.343. The molecule has 1 heterocycles. The molecule has 1 saturated heterocycles. The van der Waals surface area contributed by atoms with Crippen LogP contribution in [0.25, 0.3) is 0 Å². The first kappa shape index (κ1) is 11.1. The molecule has 0 aliphatic carbocycles. The molecule has 2 nitrogen and oxygen atoms in total. The Balaban J connectivity index is 2.15. The van der Waals surface area contributed by atoms with E-state index in [0.717, 1.165) is 31.6 Å². The first-order valence-electron chi connectivity index (χ1n) is 5.12. The average molecular weight is 245 g/mol. The summed E-state index contributed by atoms with van der Waals surface area (Å²) in [6, 6.07) is 5.99. The van der Waals surface area contributed by atoms with Gasteiger partial charge in [0.25, 0.3) is 0 Å². The lowest BCUT2D eigenvalue weighted by Gasteiger charge is -2.32. The van der Waals surface area contributed by atoms with E-state index in [0.29, 0.717) is 16.1 Å². The van der Waals surface area contributed by atoms with Crippen molar-refractivity contribution in [3.05, 3.63) is 28.2 Å². The van der Waals surface area contributed by atoms with Crippen molar-refractivity contribution in [3.63, 3.8) is 0 Å². The fraction of sp³-hybridized carbons (Fsp3) is 0.455. The monoisotopic (exact) mass is 244 g/mol. The third-order valence-corrected chi connectivity index (χ3v) is 3.19. The first-order valence-corrected chi connectivity index (χ1v) is 5.87. The molecular weight excluding hydrogens is 231 g/mol. The smallest absolute Gasteiger partial charge is 0.0441 e. The molecule has 1 aliphatic heterocycles. The molecule has 2 rings (SSSR count). The van der Waals surface area contributed by atoms with Crippen molar-refractivity contribution in [3.8, 4) is 0 Å². The van der Waals surface area contributed by atoms with Crippen LogP contribution in [0, 0.1) is 0 Å². The molecule has 0 radical (unpaired) electrons. The number of benzene rings is 1. The summed E-state index contributed by atoms with van der Waals surface area (Å²) in [5.41, 5.74) is 6.95. The van der Waals surface area contributed by atoms with E-state index in [1.54, 1.807) is 6.07 Å². The summed E-state index contributed by atoms with van der Waals surface area (Å²) >= 11 is 11.9. The number of hydrogen-bond donors (Lipinski definition) is 1. The number of rotatable bonds is 1. The molecule has 0 aromatic heterocycles. The standard InChI is InChI=1S/C11H14Cl2N2/c12-8-5-9(13)7-11(6-8)15-3-1-10(14)2-4-15/h5-7,10H,1-4,14H2. The second-order valence-electron chi connectivity index (χ2n) is 3.95. The molecular formula is C11H14Cl2N2. The van der Waals surface area contributed by atoms with Gasteiger partial charge in [0.2, 0.25) is 0 Å². The van der Waals surface area contributed by atoms with Crippen molar-refractivity contribution in [2.24, 2.45) is 5.73 Å². The van der Waals surface area contributed by atoms with E-state index >= 15 is 0 Å². The summed E-state index contributed by atoms with van der Waals surface area (Å²) in [6.45, 7) is 1.97. The zero-order valence-corrected chi connectivity index (χ0v) is 9.93. The van der Waals surface area contributed by atoms with Crippen LogP contribution in [0.5, 0.6) is 0 Å². The van der Waals surface area contributed by atoms with Crippen LogP contribution >= 0.6 is 23.2 Å². The fourth-order valence-corrected chi connectivity index (χ4v) is 2.39. The lowest BCUT2D eigenvalue weighted by atomic mass is 10.1. The zero-order chi connectivity index (χ0) is 10.8. The van der Waals surface area contributed by atoms with Crippen LogP contribution in [0.15, 0.2) is 18.2 Å². The van der Waals surface area contributed by atoms with Crippen molar-refractivity contribution in [1.82, 2.24) is 0 Å². The number of anilines is 1. The minimum atomic E-state index is 0.343. The van der Waals surface area contributed by atoms with Crippen LogP contribution in [0.2, 0.25) is 10.0 Å². The van der Waals surface area contributed by atoms with Crippen LogP contribution < -0.4 is 10.6 Å². The summed E-state index contributed by atoms with van der Waals surface area (Å²) in [5.74, 6) is 0. The SMILES string of the molecule is NC1CCN(c2cc(Cl)cc(Cl)c2)CC1. The van der Waals surface area contributed by atoms with Crippen molar-refractivity contribution in [2.45, 2.75) is 18.9 Å². The van der Waals surface area contributed by atoms with Crippen molar-refractivity contribution in [1.29, 1.82) is 0 Å². The van der Waals surface area contributed by atoms with Gasteiger partial charge >= 0.3 is 0 Å². The van der Waals surface area contributed by atoms with E-state index in [1.807, 2.05) is 12.1 Å². The third-order valence-electron chi connectivity index (χ3n) is 2.75. The Morgan fingerprint density at radius 2 is 1.60 bits per heavy atom. The molecule has 4 heteroatoms. The molecule has 1 aliphatic rings. The normalized spacial score (nSPS) is 18.2. The van der Waals surface area contributed by atoms with Gasteiger partial charge in [-0.05, 0) is 31.0 Å². The largest absolute Gasteiger partial charge is 0.371 e. The highest BCUT2D eigenvalue weighted by atomic mass is 35.5. The Kier molecular flexibility index (Phi) is 3.39. The molecule has 1 aromatic rings. The molecule has 0 bridgehead atoms.